The number of nitrogens with one attached hydrogen (secondary N) is 1. The van der Waals surface area contributed by atoms with E-state index in [-0.39, 0.29) is 6.04 Å². The molecule has 6 heteroatoms. The predicted octanol–water partition coefficient (Wildman–Crippen LogP) is 1.05. The van der Waals surface area contributed by atoms with Gasteiger partial charge in [0.15, 0.2) is 5.82 Å². The zero-order valence-electron chi connectivity index (χ0n) is 11.3. The number of benzene rings is 1. The van der Waals surface area contributed by atoms with Crippen molar-refractivity contribution in [2.45, 2.75) is 6.04 Å². The van der Waals surface area contributed by atoms with E-state index in [9.17, 15) is 0 Å². The molecule has 0 aliphatic heterocycles. The average Bonchev–Trinajstić information content (AvgIpc) is 2.51. The molecule has 2 rings (SSSR count). The summed E-state index contributed by atoms with van der Waals surface area (Å²) in [7, 11) is 1.64. The molecule has 0 bridgehead atoms. The third-order valence-electron chi connectivity index (χ3n) is 2.79. The van der Waals surface area contributed by atoms with E-state index in [2.05, 4.69) is 15.4 Å². The highest BCUT2D eigenvalue weighted by atomic mass is 16.5. The maximum atomic E-state index is 5.71. The van der Waals surface area contributed by atoms with Crippen LogP contribution in [0, 0.1) is 0 Å². The number of aromatic nitrogens is 2. The van der Waals surface area contributed by atoms with Crippen LogP contribution in [0.2, 0.25) is 0 Å². The Morgan fingerprint density at radius 1 is 1.15 bits per heavy atom. The Morgan fingerprint density at radius 2 is 1.90 bits per heavy atom. The summed E-state index contributed by atoms with van der Waals surface area (Å²) in [5, 5.41) is 0. The first kappa shape index (κ1) is 14.4. The molecule has 1 aromatic heterocycles. The summed E-state index contributed by atoms with van der Waals surface area (Å²) in [5.74, 6) is 6.98. The van der Waals surface area contributed by atoms with Crippen LogP contribution < -0.4 is 16.0 Å². The molecule has 3 N–H and O–H groups in total. The largest absolute Gasteiger partial charge is 0.491 e. The Bertz CT molecular complexity index is 522. The fourth-order valence-electron chi connectivity index (χ4n) is 1.85. The molecule has 1 atom stereocenters. The molecule has 0 saturated heterocycles. The van der Waals surface area contributed by atoms with Crippen LogP contribution in [0.15, 0.2) is 42.7 Å². The Labute approximate surface area is 117 Å². The maximum Gasteiger partial charge on any atom is 0.151 e. The van der Waals surface area contributed by atoms with Gasteiger partial charge in [-0.25, -0.2) is 15.4 Å². The summed E-state index contributed by atoms with van der Waals surface area (Å²) in [6.07, 6.45) is 3.36. The van der Waals surface area contributed by atoms with Gasteiger partial charge in [0.2, 0.25) is 0 Å². The number of rotatable bonds is 7. The van der Waals surface area contributed by atoms with E-state index in [1.165, 1.54) is 0 Å². The second kappa shape index (κ2) is 7.54. The number of para-hydroxylation sites is 1. The van der Waals surface area contributed by atoms with Crippen molar-refractivity contribution in [3.8, 4) is 5.75 Å². The molecular formula is C14H18N4O2. The summed E-state index contributed by atoms with van der Waals surface area (Å²) in [5.41, 5.74) is 3.62. The molecule has 0 saturated carbocycles. The van der Waals surface area contributed by atoms with E-state index >= 15 is 0 Å². The minimum absolute atomic E-state index is 0.324. The second-order valence-corrected chi connectivity index (χ2v) is 4.09. The molecule has 2 aromatic rings. The van der Waals surface area contributed by atoms with E-state index < -0.39 is 0 Å². The first-order chi connectivity index (χ1) is 9.86. The topological polar surface area (TPSA) is 82.3 Å². The van der Waals surface area contributed by atoms with Gasteiger partial charge in [-0.05, 0) is 12.1 Å². The van der Waals surface area contributed by atoms with Crippen molar-refractivity contribution in [1.82, 2.24) is 15.4 Å². The molecule has 0 spiro atoms. The maximum absolute atomic E-state index is 5.71. The van der Waals surface area contributed by atoms with Gasteiger partial charge in [-0.15, -0.1) is 0 Å². The van der Waals surface area contributed by atoms with Crippen LogP contribution in [0.1, 0.15) is 17.4 Å². The van der Waals surface area contributed by atoms with Gasteiger partial charge >= 0.3 is 0 Å². The van der Waals surface area contributed by atoms with Crippen molar-refractivity contribution in [2.75, 3.05) is 20.3 Å². The lowest BCUT2D eigenvalue weighted by Crippen LogP contribution is -2.30. The van der Waals surface area contributed by atoms with Crippen molar-refractivity contribution in [3.63, 3.8) is 0 Å². The second-order valence-electron chi connectivity index (χ2n) is 4.09. The van der Waals surface area contributed by atoms with Crippen molar-refractivity contribution in [3.05, 3.63) is 54.1 Å². The third-order valence-corrected chi connectivity index (χ3v) is 2.79. The van der Waals surface area contributed by atoms with Gasteiger partial charge in [-0.3, -0.25) is 5.84 Å². The summed E-state index contributed by atoms with van der Waals surface area (Å²) < 4.78 is 10.7. The molecule has 0 aliphatic rings. The van der Waals surface area contributed by atoms with E-state index in [1.807, 2.05) is 24.3 Å². The number of hydrogen-bond acceptors (Lipinski definition) is 6. The van der Waals surface area contributed by atoms with Crippen LogP contribution >= 0.6 is 0 Å². The fourth-order valence-corrected chi connectivity index (χ4v) is 1.85. The number of ether oxygens (including phenoxy) is 2. The number of hydrogen-bond donors (Lipinski definition) is 2. The molecule has 6 nitrogen and oxygen atoms in total. The minimum atomic E-state index is -0.324. The van der Waals surface area contributed by atoms with Crippen molar-refractivity contribution in [2.24, 2.45) is 5.84 Å². The van der Waals surface area contributed by atoms with Crippen molar-refractivity contribution < 1.29 is 9.47 Å². The van der Waals surface area contributed by atoms with Gasteiger partial charge in [0.1, 0.15) is 18.4 Å². The minimum Gasteiger partial charge on any atom is -0.491 e. The first-order valence-corrected chi connectivity index (χ1v) is 6.30. The smallest absolute Gasteiger partial charge is 0.151 e. The van der Waals surface area contributed by atoms with E-state index in [0.29, 0.717) is 19.0 Å². The summed E-state index contributed by atoms with van der Waals surface area (Å²) in [4.78, 5) is 8.46. The summed E-state index contributed by atoms with van der Waals surface area (Å²) in [6, 6.07) is 9.09. The Hall–Kier alpha value is -2.02. The van der Waals surface area contributed by atoms with E-state index in [4.69, 9.17) is 15.3 Å². The van der Waals surface area contributed by atoms with Gasteiger partial charge in [-0.2, -0.15) is 0 Å². The molecule has 1 aromatic carbocycles. The third kappa shape index (κ3) is 3.51. The van der Waals surface area contributed by atoms with Gasteiger partial charge < -0.3 is 9.47 Å². The highest BCUT2D eigenvalue weighted by molar-refractivity contribution is 5.38. The monoisotopic (exact) mass is 274 g/mol. The van der Waals surface area contributed by atoms with Crippen molar-refractivity contribution >= 4 is 0 Å². The highest BCUT2D eigenvalue weighted by Crippen LogP contribution is 2.27. The molecule has 0 fully saturated rings. The first-order valence-electron chi connectivity index (χ1n) is 6.30. The average molecular weight is 274 g/mol. The Kier molecular flexibility index (Phi) is 5.43. The van der Waals surface area contributed by atoms with Crippen LogP contribution in [0.3, 0.4) is 0 Å². The van der Waals surface area contributed by atoms with Crippen LogP contribution in [0.5, 0.6) is 5.75 Å². The van der Waals surface area contributed by atoms with Crippen LogP contribution in [0.4, 0.5) is 0 Å². The molecule has 0 radical (unpaired) electrons. The predicted molar refractivity (Wildman–Crippen MR) is 75.0 cm³/mol. The SMILES string of the molecule is COCCOc1ccccc1C(NN)c1ncccn1. The molecule has 1 unspecified atom stereocenters. The molecule has 106 valence electrons. The van der Waals surface area contributed by atoms with Crippen LogP contribution in [-0.2, 0) is 4.74 Å². The van der Waals surface area contributed by atoms with Crippen LogP contribution in [-0.4, -0.2) is 30.3 Å². The quantitative estimate of drug-likeness (QED) is 0.446. The summed E-state index contributed by atoms with van der Waals surface area (Å²) >= 11 is 0. The highest BCUT2D eigenvalue weighted by Gasteiger charge is 2.19. The fraction of sp³-hybridized carbons (Fsp3) is 0.286. The lowest BCUT2D eigenvalue weighted by Gasteiger charge is -2.18. The zero-order chi connectivity index (χ0) is 14.2. The number of hydrazine groups is 1. The lowest BCUT2D eigenvalue weighted by atomic mass is 10.1. The normalized spacial score (nSPS) is 12.1. The van der Waals surface area contributed by atoms with Gasteiger partial charge in [0, 0.05) is 25.1 Å². The number of methoxy groups -OCH3 is 1. The van der Waals surface area contributed by atoms with E-state index in [0.717, 1.165) is 11.3 Å². The molecule has 0 aliphatic carbocycles. The Morgan fingerprint density at radius 3 is 2.60 bits per heavy atom. The molecule has 0 amide bonds. The van der Waals surface area contributed by atoms with Crippen LogP contribution in [0.25, 0.3) is 0 Å². The van der Waals surface area contributed by atoms with Gasteiger partial charge in [0.05, 0.1) is 6.61 Å². The van der Waals surface area contributed by atoms with Crippen molar-refractivity contribution in [1.29, 1.82) is 0 Å². The zero-order valence-corrected chi connectivity index (χ0v) is 11.3. The lowest BCUT2D eigenvalue weighted by molar-refractivity contribution is 0.145. The van der Waals surface area contributed by atoms with E-state index in [1.54, 1.807) is 25.6 Å². The standard InChI is InChI=1S/C14H18N4O2/c1-19-9-10-20-12-6-3-2-5-11(12)13(18-15)14-16-7-4-8-17-14/h2-8,13,18H,9-10,15H2,1H3. The molecule has 20 heavy (non-hydrogen) atoms. The van der Waals surface area contributed by atoms with Gasteiger partial charge in [0.25, 0.3) is 0 Å². The summed E-state index contributed by atoms with van der Waals surface area (Å²) in [6.45, 7) is 0.997. The Balaban J connectivity index is 2.25. The van der Waals surface area contributed by atoms with Gasteiger partial charge in [-0.1, -0.05) is 18.2 Å². The number of nitrogens with zero attached hydrogens (tertiary/aromatic N) is 2. The number of nitrogens with two attached hydrogens (primary N) is 1. The molecule has 1 heterocycles. The molecular weight excluding hydrogens is 256 g/mol.